The lowest BCUT2D eigenvalue weighted by atomic mass is 9.69. The van der Waals surface area contributed by atoms with Gasteiger partial charge in [-0.25, -0.2) is 0 Å². The zero-order valence-electron chi connectivity index (χ0n) is 6.98. The van der Waals surface area contributed by atoms with Crippen molar-refractivity contribution in [2.75, 3.05) is 6.61 Å². The molecule has 12 heavy (non-hydrogen) atoms. The first-order valence-electron chi connectivity index (χ1n) is 4.38. The molecule has 2 saturated heterocycles. The van der Waals surface area contributed by atoms with Gasteiger partial charge in [-0.1, -0.05) is 0 Å². The van der Waals surface area contributed by atoms with Gasteiger partial charge >= 0.3 is 0 Å². The van der Waals surface area contributed by atoms with Crippen molar-refractivity contribution in [1.29, 1.82) is 5.26 Å². The van der Waals surface area contributed by atoms with Crippen molar-refractivity contribution in [3.8, 4) is 6.07 Å². The van der Waals surface area contributed by atoms with Crippen molar-refractivity contribution in [1.82, 2.24) is 0 Å². The molecule has 3 fully saturated rings. The molecule has 0 aromatic heterocycles. The topological polar surface area (TPSA) is 33.0 Å². The van der Waals surface area contributed by atoms with Gasteiger partial charge in [-0.15, -0.1) is 0 Å². The van der Waals surface area contributed by atoms with Crippen LogP contribution in [0.1, 0.15) is 32.1 Å². The monoisotopic (exact) mass is 277 g/mol. The number of nitrogens with zero attached hydrogens (tertiary/aromatic N) is 1. The van der Waals surface area contributed by atoms with Crippen LogP contribution in [0.4, 0.5) is 0 Å². The molecule has 0 aromatic rings. The quantitative estimate of drug-likeness (QED) is 0.545. The average molecular weight is 277 g/mol. The van der Waals surface area contributed by atoms with Gasteiger partial charge in [0.15, 0.2) is 0 Å². The molecule has 3 aliphatic rings. The van der Waals surface area contributed by atoms with Gasteiger partial charge < -0.3 is 4.74 Å². The number of halogens is 1. The first-order valence-corrected chi connectivity index (χ1v) is 5.46. The van der Waals surface area contributed by atoms with Gasteiger partial charge in [-0.3, -0.25) is 0 Å². The van der Waals surface area contributed by atoms with Gasteiger partial charge in [0.25, 0.3) is 0 Å². The van der Waals surface area contributed by atoms with Crippen LogP contribution in [0.25, 0.3) is 0 Å². The highest BCUT2D eigenvalue weighted by molar-refractivity contribution is 14.1. The standard InChI is InChI=1S/C9H12INO/c10-9-3-1-8(2-4-9,5-6-11)7-12-9/h1-5,7H2. The Kier molecular flexibility index (Phi) is 2.08. The van der Waals surface area contributed by atoms with Crippen LogP contribution in [0, 0.1) is 16.7 Å². The summed E-state index contributed by atoms with van der Waals surface area (Å²) in [6.07, 6.45) is 5.32. The summed E-state index contributed by atoms with van der Waals surface area (Å²) in [5, 5.41) is 8.69. The second-order valence-corrected chi connectivity index (χ2v) is 5.97. The summed E-state index contributed by atoms with van der Waals surface area (Å²) in [4.78, 5) is 0. The smallest absolute Gasteiger partial charge is 0.119 e. The molecule has 0 spiro atoms. The third kappa shape index (κ3) is 1.35. The van der Waals surface area contributed by atoms with E-state index in [-0.39, 0.29) is 9.02 Å². The Balaban J connectivity index is 2.10. The lowest BCUT2D eigenvalue weighted by Crippen LogP contribution is -2.47. The molecule has 0 radical (unpaired) electrons. The number of hydrogen-bond donors (Lipinski definition) is 0. The van der Waals surface area contributed by atoms with E-state index >= 15 is 0 Å². The van der Waals surface area contributed by atoms with Crippen molar-refractivity contribution in [2.24, 2.45) is 5.41 Å². The lowest BCUT2D eigenvalue weighted by molar-refractivity contribution is -0.122. The predicted molar refractivity (Wildman–Crippen MR) is 53.8 cm³/mol. The minimum absolute atomic E-state index is 0.120. The van der Waals surface area contributed by atoms with Crippen LogP contribution in [0.2, 0.25) is 0 Å². The van der Waals surface area contributed by atoms with Gasteiger partial charge in [-0.05, 0) is 48.3 Å². The van der Waals surface area contributed by atoms with Crippen molar-refractivity contribution in [2.45, 2.75) is 35.7 Å². The van der Waals surface area contributed by atoms with Crippen LogP contribution in [0.3, 0.4) is 0 Å². The summed E-state index contributed by atoms with van der Waals surface area (Å²) in [6.45, 7) is 0.809. The molecule has 1 saturated carbocycles. The summed E-state index contributed by atoms with van der Waals surface area (Å²) in [7, 11) is 0. The van der Waals surface area contributed by atoms with Gasteiger partial charge in [0.2, 0.25) is 0 Å². The number of hydrogen-bond acceptors (Lipinski definition) is 2. The minimum Gasteiger partial charge on any atom is -0.364 e. The van der Waals surface area contributed by atoms with Crippen LogP contribution >= 0.6 is 22.6 Å². The summed E-state index contributed by atoms with van der Waals surface area (Å²) in [5.74, 6) is 0. The Morgan fingerprint density at radius 2 is 2.00 bits per heavy atom. The van der Waals surface area contributed by atoms with E-state index in [4.69, 9.17) is 10.00 Å². The van der Waals surface area contributed by atoms with E-state index in [1.54, 1.807) is 0 Å². The second-order valence-electron chi connectivity index (χ2n) is 4.01. The third-order valence-corrected chi connectivity index (χ3v) is 4.54. The zero-order chi connectivity index (χ0) is 8.66. The van der Waals surface area contributed by atoms with Gasteiger partial charge in [-0.2, -0.15) is 5.26 Å². The van der Waals surface area contributed by atoms with Crippen molar-refractivity contribution < 1.29 is 4.74 Å². The molecular weight excluding hydrogens is 265 g/mol. The van der Waals surface area contributed by atoms with E-state index in [1.807, 2.05) is 0 Å². The van der Waals surface area contributed by atoms with Gasteiger partial charge in [0.05, 0.1) is 12.7 Å². The lowest BCUT2D eigenvalue weighted by Gasteiger charge is -2.49. The predicted octanol–water partition coefficient (Wildman–Crippen LogP) is 2.62. The Labute approximate surface area is 86.4 Å². The highest BCUT2D eigenvalue weighted by Gasteiger charge is 2.48. The fraction of sp³-hybridized carbons (Fsp3) is 0.889. The maximum absolute atomic E-state index is 8.69. The van der Waals surface area contributed by atoms with Crippen molar-refractivity contribution >= 4 is 22.6 Å². The molecule has 0 atom stereocenters. The summed E-state index contributed by atoms with van der Waals surface area (Å²) in [6, 6.07) is 2.28. The molecule has 1 aliphatic carbocycles. The number of ether oxygens (including phenoxy) is 1. The van der Waals surface area contributed by atoms with Gasteiger partial charge in [0.1, 0.15) is 3.61 Å². The Bertz CT molecular complexity index is 209. The highest BCUT2D eigenvalue weighted by atomic mass is 127. The second kappa shape index (κ2) is 2.85. The molecule has 3 heteroatoms. The molecule has 2 bridgehead atoms. The fourth-order valence-electron chi connectivity index (χ4n) is 2.12. The molecule has 2 nitrogen and oxygen atoms in total. The normalized spacial score (nSPS) is 45.7. The maximum Gasteiger partial charge on any atom is 0.119 e. The summed E-state index contributed by atoms with van der Waals surface area (Å²) in [5.41, 5.74) is 0.224. The molecule has 3 rings (SSSR count). The molecule has 0 amide bonds. The van der Waals surface area contributed by atoms with E-state index < -0.39 is 0 Å². The number of alkyl halides is 1. The Hall–Kier alpha value is 0.180. The SMILES string of the molecule is N#CCC12CCC(I)(CC1)OC2. The third-order valence-electron chi connectivity index (χ3n) is 3.15. The van der Waals surface area contributed by atoms with Crippen molar-refractivity contribution in [3.05, 3.63) is 0 Å². The molecule has 0 aromatic carbocycles. The minimum atomic E-state index is 0.120. The maximum atomic E-state index is 8.69. The average Bonchev–Trinajstić information content (AvgIpc) is 2.08. The first-order chi connectivity index (χ1) is 5.68. The molecule has 2 heterocycles. The largest absolute Gasteiger partial charge is 0.364 e. The fourth-order valence-corrected chi connectivity index (χ4v) is 2.82. The van der Waals surface area contributed by atoms with E-state index in [0.717, 1.165) is 19.4 Å². The van der Waals surface area contributed by atoms with E-state index in [1.165, 1.54) is 12.8 Å². The van der Waals surface area contributed by atoms with E-state index in [0.29, 0.717) is 6.42 Å². The molecule has 2 aliphatic heterocycles. The van der Waals surface area contributed by atoms with Crippen molar-refractivity contribution in [3.63, 3.8) is 0 Å². The Morgan fingerprint density at radius 3 is 2.42 bits per heavy atom. The first kappa shape index (κ1) is 8.76. The molecule has 66 valence electrons. The molecular formula is C9H12INO. The zero-order valence-corrected chi connectivity index (χ0v) is 9.13. The van der Waals surface area contributed by atoms with Gasteiger partial charge in [0, 0.05) is 11.8 Å². The van der Waals surface area contributed by atoms with Crippen LogP contribution < -0.4 is 0 Å². The van der Waals surface area contributed by atoms with Crippen LogP contribution in [-0.2, 0) is 4.74 Å². The van der Waals surface area contributed by atoms with Crippen LogP contribution in [0.5, 0.6) is 0 Å². The molecule has 0 unspecified atom stereocenters. The van der Waals surface area contributed by atoms with E-state index in [2.05, 4.69) is 28.7 Å². The molecule has 0 N–H and O–H groups in total. The van der Waals surface area contributed by atoms with Crippen LogP contribution in [-0.4, -0.2) is 10.2 Å². The van der Waals surface area contributed by atoms with Crippen LogP contribution in [0.15, 0.2) is 0 Å². The number of fused-ring (bicyclic) bond motifs is 3. The Morgan fingerprint density at radius 1 is 1.33 bits per heavy atom. The highest BCUT2D eigenvalue weighted by Crippen LogP contribution is 2.53. The summed E-state index contributed by atoms with van der Waals surface area (Å²) >= 11 is 2.42. The number of nitriles is 1. The summed E-state index contributed by atoms with van der Waals surface area (Å²) < 4.78 is 5.88. The number of rotatable bonds is 1. The van der Waals surface area contributed by atoms with E-state index in [9.17, 15) is 0 Å².